The molecule has 54 heavy (non-hydrogen) atoms. The second-order valence-corrected chi connectivity index (χ2v) is 17.4. The summed E-state index contributed by atoms with van der Waals surface area (Å²) in [5.74, 6) is -0.733. The number of amides is 2. The fourth-order valence-electron chi connectivity index (χ4n) is 4.36. The lowest BCUT2D eigenvalue weighted by Gasteiger charge is -2.29. The van der Waals surface area contributed by atoms with Gasteiger partial charge in [0.2, 0.25) is 0 Å². The van der Waals surface area contributed by atoms with Gasteiger partial charge >= 0.3 is 24.1 Å². The summed E-state index contributed by atoms with van der Waals surface area (Å²) in [6.45, 7) is 10.4. The van der Waals surface area contributed by atoms with Gasteiger partial charge in [-0.2, -0.15) is 4.90 Å². The van der Waals surface area contributed by atoms with E-state index < -0.39 is 29.4 Å². The third-order valence-electron chi connectivity index (χ3n) is 6.67. The molecule has 0 aliphatic carbocycles. The summed E-state index contributed by atoms with van der Waals surface area (Å²) in [7, 11) is 2.71. The van der Waals surface area contributed by atoms with Gasteiger partial charge in [-0.3, -0.25) is 0 Å². The molecular weight excluding hydrogens is 765 g/mol. The third kappa shape index (κ3) is 14.2. The minimum absolute atomic E-state index is 0.324. The van der Waals surface area contributed by atoms with Crippen molar-refractivity contribution >= 4 is 82.5 Å². The molecule has 0 aliphatic heterocycles. The van der Waals surface area contributed by atoms with Crippen LogP contribution in [0.4, 0.5) is 21.0 Å². The van der Waals surface area contributed by atoms with Crippen molar-refractivity contribution < 1.29 is 38.1 Å². The van der Waals surface area contributed by atoms with E-state index in [9.17, 15) is 19.2 Å². The number of hydrogen-bond acceptors (Lipinski definition) is 13. The van der Waals surface area contributed by atoms with E-state index in [1.165, 1.54) is 37.7 Å². The Kier molecular flexibility index (Phi) is 16.3. The molecule has 2 amide bonds. The molecule has 4 aromatic carbocycles. The first kappa shape index (κ1) is 44.2. The topological polar surface area (TPSA) is 134 Å². The molecule has 0 aromatic heterocycles. The largest absolute Gasteiger partial charge is 0.465 e. The van der Waals surface area contributed by atoms with Crippen LogP contribution in [0.25, 0.3) is 0 Å². The monoisotopic (exact) mass is 810 g/mol. The van der Waals surface area contributed by atoms with Crippen molar-refractivity contribution in [2.24, 2.45) is 0 Å². The normalized spacial score (nSPS) is 11.1. The Balaban J connectivity index is 0.000000331. The van der Waals surface area contributed by atoms with Crippen LogP contribution in [-0.4, -0.2) is 62.1 Å². The number of nitrogen functional groups attached to an aromatic ring is 1. The molecule has 0 saturated carbocycles. The highest BCUT2D eigenvalue weighted by atomic mass is 32.2. The molecular formula is C40H46N2O8S4. The second-order valence-electron chi connectivity index (χ2n) is 13.3. The highest BCUT2D eigenvalue weighted by Crippen LogP contribution is 2.36. The van der Waals surface area contributed by atoms with Gasteiger partial charge in [0.15, 0.2) is 0 Å². The first-order chi connectivity index (χ1) is 25.3. The number of methoxy groups -OCH3 is 2. The quantitative estimate of drug-likeness (QED) is 0.0744. The zero-order valence-corrected chi connectivity index (χ0v) is 35.3. The molecule has 4 aromatic rings. The first-order valence-electron chi connectivity index (χ1n) is 16.5. The number of benzene rings is 4. The summed E-state index contributed by atoms with van der Waals surface area (Å²) in [6.07, 6.45) is 2.29. The van der Waals surface area contributed by atoms with E-state index in [1.54, 1.807) is 101 Å². The van der Waals surface area contributed by atoms with Gasteiger partial charge in [-0.05, 0) is 139 Å². The molecule has 2 N–H and O–H groups in total. The Morgan fingerprint density at radius 3 is 1.26 bits per heavy atom. The molecule has 0 unspecified atom stereocenters. The maximum Gasteiger partial charge on any atom is 0.424 e. The Bertz CT molecular complexity index is 1890. The molecule has 0 saturated heterocycles. The molecule has 14 heteroatoms. The molecule has 0 aliphatic rings. The number of ether oxygens (including phenoxy) is 4. The van der Waals surface area contributed by atoms with E-state index in [0.717, 1.165) is 40.0 Å². The van der Waals surface area contributed by atoms with Crippen LogP contribution < -0.4 is 10.6 Å². The average Bonchev–Trinajstić information content (AvgIpc) is 3.10. The summed E-state index contributed by atoms with van der Waals surface area (Å²) in [5.41, 5.74) is 6.38. The lowest BCUT2D eigenvalue weighted by Crippen LogP contribution is -2.43. The van der Waals surface area contributed by atoms with Crippen molar-refractivity contribution in [3.63, 3.8) is 0 Å². The van der Waals surface area contributed by atoms with Crippen LogP contribution in [0, 0.1) is 0 Å². The van der Waals surface area contributed by atoms with Crippen LogP contribution in [0.1, 0.15) is 62.3 Å². The van der Waals surface area contributed by atoms with Gasteiger partial charge in [-0.15, -0.1) is 23.5 Å². The molecule has 10 nitrogen and oxygen atoms in total. The number of carbonyl (C=O) groups excluding carboxylic acids is 4. The van der Waals surface area contributed by atoms with E-state index in [0.29, 0.717) is 16.8 Å². The SMILES string of the molecule is COC(=O)c1ccc(Sc2cc(N)cc(SC)c2)cc1.COC(=O)c1ccc(Sc2cc(SC)cc(N(C(=O)OC(C)(C)C)C(=O)OC(C)(C)C)c2)cc1. The number of anilines is 2. The molecule has 0 heterocycles. The van der Waals surface area contributed by atoms with E-state index in [4.69, 9.17) is 19.9 Å². The standard InChI is InChI=1S/C25H31NO6S2.C15H15NO2S2/c1-24(2,3)31-22(28)26(23(29)32-25(4,5)6)17-13-19(33-8)15-20(14-17)34-18-11-9-16(10-12-18)21(27)30-7;1-18-15(17)10-3-5-12(6-4-10)20-14-8-11(16)7-13(9-14)19-2/h9-15H,1-8H3;3-9H,16H2,1-2H3. The van der Waals surface area contributed by atoms with Crippen molar-refractivity contribution in [1.82, 2.24) is 0 Å². The van der Waals surface area contributed by atoms with Crippen molar-refractivity contribution in [3.8, 4) is 0 Å². The number of hydrogen-bond donors (Lipinski definition) is 1. The van der Waals surface area contributed by atoms with Crippen LogP contribution in [0.3, 0.4) is 0 Å². The Labute approximate surface area is 334 Å². The molecule has 0 fully saturated rings. The van der Waals surface area contributed by atoms with Crippen LogP contribution >= 0.6 is 47.0 Å². The Morgan fingerprint density at radius 2 is 0.889 bits per heavy atom. The van der Waals surface area contributed by atoms with Crippen LogP contribution in [0.15, 0.2) is 114 Å². The van der Waals surface area contributed by atoms with Crippen LogP contribution in [-0.2, 0) is 18.9 Å². The van der Waals surface area contributed by atoms with Gasteiger partial charge < -0.3 is 24.7 Å². The highest BCUT2D eigenvalue weighted by molar-refractivity contribution is 8.00. The third-order valence-corrected chi connectivity index (χ3v) is 10.0. The predicted octanol–water partition coefficient (Wildman–Crippen LogP) is 11.0. The zero-order valence-electron chi connectivity index (χ0n) is 32.0. The Hall–Kier alpha value is -4.24. The molecule has 0 atom stereocenters. The minimum atomic E-state index is -0.821. The van der Waals surface area contributed by atoms with E-state index in [-0.39, 0.29) is 5.97 Å². The molecule has 0 bridgehead atoms. The summed E-state index contributed by atoms with van der Waals surface area (Å²) >= 11 is 6.19. The average molecular weight is 811 g/mol. The van der Waals surface area contributed by atoms with Gasteiger partial charge in [0.1, 0.15) is 11.2 Å². The van der Waals surface area contributed by atoms with Gasteiger partial charge in [0, 0.05) is 35.1 Å². The maximum absolute atomic E-state index is 13.0. The zero-order chi connectivity index (χ0) is 40.2. The number of imide groups is 1. The maximum atomic E-state index is 13.0. The predicted molar refractivity (Wildman–Crippen MR) is 220 cm³/mol. The fourth-order valence-corrected chi connectivity index (χ4v) is 7.33. The van der Waals surface area contributed by atoms with E-state index in [2.05, 4.69) is 10.8 Å². The number of nitrogens with two attached hydrogens (primary N) is 1. The second kappa shape index (κ2) is 19.9. The lowest BCUT2D eigenvalue weighted by atomic mass is 10.2. The minimum Gasteiger partial charge on any atom is -0.465 e. The number of rotatable bonds is 9. The highest BCUT2D eigenvalue weighted by Gasteiger charge is 2.33. The Morgan fingerprint density at radius 1 is 0.537 bits per heavy atom. The molecule has 4 rings (SSSR count). The smallest absolute Gasteiger partial charge is 0.424 e. The summed E-state index contributed by atoms with van der Waals surface area (Å²) in [6, 6.07) is 25.7. The van der Waals surface area contributed by atoms with Gasteiger partial charge in [0.05, 0.1) is 31.0 Å². The van der Waals surface area contributed by atoms with Crippen molar-refractivity contribution in [3.05, 3.63) is 96.1 Å². The van der Waals surface area contributed by atoms with E-state index in [1.807, 2.05) is 55.0 Å². The van der Waals surface area contributed by atoms with Crippen molar-refractivity contribution in [1.29, 1.82) is 0 Å². The van der Waals surface area contributed by atoms with Gasteiger partial charge in [-0.25, -0.2) is 19.2 Å². The first-order valence-corrected chi connectivity index (χ1v) is 20.5. The number of thioether (sulfide) groups is 2. The van der Waals surface area contributed by atoms with E-state index >= 15 is 0 Å². The number of nitrogens with zero attached hydrogens (tertiary/aromatic N) is 1. The van der Waals surface area contributed by atoms with Crippen LogP contribution in [0.5, 0.6) is 0 Å². The molecule has 0 spiro atoms. The van der Waals surface area contributed by atoms with Crippen molar-refractivity contribution in [2.75, 3.05) is 37.4 Å². The molecule has 288 valence electrons. The lowest BCUT2D eigenvalue weighted by molar-refractivity contribution is 0.0428. The summed E-state index contributed by atoms with van der Waals surface area (Å²) < 4.78 is 20.4. The van der Waals surface area contributed by atoms with Crippen molar-refractivity contribution in [2.45, 2.75) is 82.1 Å². The van der Waals surface area contributed by atoms with Crippen LogP contribution in [0.2, 0.25) is 0 Å². The fraction of sp³-hybridized carbons (Fsp3) is 0.300. The molecule has 0 radical (unpaired) electrons. The number of carbonyl (C=O) groups is 4. The summed E-state index contributed by atoms with van der Waals surface area (Å²) in [4.78, 5) is 55.8. The summed E-state index contributed by atoms with van der Waals surface area (Å²) in [5, 5.41) is 0. The van der Waals surface area contributed by atoms with Gasteiger partial charge in [0.25, 0.3) is 0 Å². The number of esters is 2. The van der Waals surface area contributed by atoms with Gasteiger partial charge in [-0.1, -0.05) is 23.5 Å².